The first-order valence-electron chi connectivity index (χ1n) is 6.56. The van der Waals surface area contributed by atoms with E-state index < -0.39 is 0 Å². The number of benzene rings is 2. The highest BCUT2D eigenvalue weighted by molar-refractivity contribution is 9.10. The number of hydrogen-bond acceptors (Lipinski definition) is 2. The van der Waals surface area contributed by atoms with Crippen LogP contribution < -0.4 is 11.5 Å². The summed E-state index contributed by atoms with van der Waals surface area (Å²) in [5, 5.41) is 0. The summed E-state index contributed by atoms with van der Waals surface area (Å²) in [4.78, 5) is 0. The minimum Gasteiger partial charge on any atom is -0.326 e. The molecule has 0 unspecified atom stereocenters. The number of hydrogen-bond donors (Lipinski definition) is 2. The summed E-state index contributed by atoms with van der Waals surface area (Å²) in [7, 11) is 0. The molecule has 0 radical (unpaired) electrons. The summed E-state index contributed by atoms with van der Waals surface area (Å²) in [6.07, 6.45) is 1.54. The normalized spacial score (nSPS) is 14.0. The van der Waals surface area contributed by atoms with Crippen molar-refractivity contribution >= 4 is 31.9 Å². The molecule has 0 fully saturated rings. The van der Waals surface area contributed by atoms with E-state index in [0.29, 0.717) is 0 Å². The Balaban J connectivity index is 2.01. The molecule has 2 rings (SSSR count). The van der Waals surface area contributed by atoms with Crippen molar-refractivity contribution in [3.8, 4) is 0 Å². The molecular formula is C16H18Br2N2. The lowest BCUT2D eigenvalue weighted by Gasteiger charge is -2.21. The van der Waals surface area contributed by atoms with E-state index in [0.717, 1.165) is 21.8 Å². The Morgan fingerprint density at radius 3 is 1.40 bits per heavy atom. The van der Waals surface area contributed by atoms with Gasteiger partial charge in [-0.25, -0.2) is 0 Å². The highest BCUT2D eigenvalue weighted by atomic mass is 79.9. The molecule has 0 spiro atoms. The second-order valence-electron chi connectivity index (χ2n) is 4.92. The van der Waals surface area contributed by atoms with Crippen LogP contribution in [0.1, 0.15) is 11.1 Å². The minimum atomic E-state index is -0.0687. The lowest BCUT2D eigenvalue weighted by atomic mass is 9.95. The second kappa shape index (κ2) is 7.36. The number of nitrogens with two attached hydrogens (primary N) is 2. The van der Waals surface area contributed by atoms with Gasteiger partial charge >= 0.3 is 0 Å². The summed E-state index contributed by atoms with van der Waals surface area (Å²) < 4.78 is 2.17. The first kappa shape index (κ1) is 15.7. The fraction of sp³-hybridized carbons (Fsp3) is 0.250. The molecule has 0 bridgehead atoms. The summed E-state index contributed by atoms with van der Waals surface area (Å²) in [5.41, 5.74) is 14.9. The summed E-state index contributed by atoms with van der Waals surface area (Å²) in [6.45, 7) is 0. The summed E-state index contributed by atoms with van der Waals surface area (Å²) in [6, 6.07) is 16.1. The van der Waals surface area contributed by atoms with Gasteiger partial charge in [0.05, 0.1) is 0 Å². The molecule has 0 aromatic heterocycles. The molecule has 0 aliphatic rings. The largest absolute Gasteiger partial charge is 0.326 e. The van der Waals surface area contributed by atoms with Gasteiger partial charge in [-0.15, -0.1) is 0 Å². The zero-order valence-electron chi connectivity index (χ0n) is 11.1. The van der Waals surface area contributed by atoms with Gasteiger partial charge in [0.1, 0.15) is 0 Å². The van der Waals surface area contributed by atoms with Gasteiger partial charge < -0.3 is 11.5 Å². The van der Waals surface area contributed by atoms with E-state index in [1.807, 2.05) is 36.4 Å². The van der Waals surface area contributed by atoms with E-state index in [1.165, 1.54) is 11.1 Å². The van der Waals surface area contributed by atoms with Gasteiger partial charge in [-0.3, -0.25) is 0 Å². The maximum absolute atomic E-state index is 6.25. The Bertz CT molecular complexity index is 520. The van der Waals surface area contributed by atoms with E-state index in [9.17, 15) is 0 Å². The molecule has 0 heterocycles. The summed E-state index contributed by atoms with van der Waals surface area (Å²) >= 11 is 7.10. The van der Waals surface area contributed by atoms with Gasteiger partial charge in [0.15, 0.2) is 0 Å². The SMILES string of the molecule is N[C@H](Cc1ccccc1Br)[C@H](N)Cc1ccccc1Br. The monoisotopic (exact) mass is 396 g/mol. The third kappa shape index (κ3) is 4.16. The molecule has 4 heteroatoms. The topological polar surface area (TPSA) is 52.0 Å². The average molecular weight is 398 g/mol. The van der Waals surface area contributed by atoms with Crippen LogP contribution in [0.2, 0.25) is 0 Å². The second-order valence-corrected chi connectivity index (χ2v) is 6.63. The molecule has 2 aromatic rings. The Labute approximate surface area is 136 Å². The zero-order chi connectivity index (χ0) is 14.5. The predicted molar refractivity (Wildman–Crippen MR) is 91.6 cm³/mol. The van der Waals surface area contributed by atoms with Crippen molar-refractivity contribution in [2.24, 2.45) is 11.5 Å². The van der Waals surface area contributed by atoms with Gasteiger partial charge in [0.25, 0.3) is 0 Å². The Kier molecular flexibility index (Phi) is 5.78. The van der Waals surface area contributed by atoms with Crippen LogP contribution in [0.4, 0.5) is 0 Å². The van der Waals surface area contributed by atoms with Crippen LogP contribution in [0, 0.1) is 0 Å². The maximum Gasteiger partial charge on any atom is 0.0236 e. The zero-order valence-corrected chi connectivity index (χ0v) is 14.3. The van der Waals surface area contributed by atoms with Crippen molar-refractivity contribution in [2.75, 3.05) is 0 Å². The molecule has 0 aliphatic heterocycles. The Morgan fingerprint density at radius 2 is 1.05 bits per heavy atom. The molecular weight excluding hydrogens is 380 g/mol. The molecule has 2 atom stereocenters. The average Bonchev–Trinajstić information content (AvgIpc) is 2.43. The van der Waals surface area contributed by atoms with Crippen LogP contribution in [-0.2, 0) is 12.8 Å². The number of rotatable bonds is 5. The molecule has 0 amide bonds. The van der Waals surface area contributed by atoms with Crippen molar-refractivity contribution in [1.82, 2.24) is 0 Å². The number of halogens is 2. The van der Waals surface area contributed by atoms with Crippen LogP contribution in [0.15, 0.2) is 57.5 Å². The molecule has 20 heavy (non-hydrogen) atoms. The van der Waals surface area contributed by atoms with E-state index in [2.05, 4.69) is 44.0 Å². The van der Waals surface area contributed by atoms with Crippen molar-refractivity contribution in [3.63, 3.8) is 0 Å². The lowest BCUT2D eigenvalue weighted by Crippen LogP contribution is -2.44. The lowest BCUT2D eigenvalue weighted by molar-refractivity contribution is 0.518. The highest BCUT2D eigenvalue weighted by Crippen LogP contribution is 2.20. The first-order valence-corrected chi connectivity index (χ1v) is 8.14. The molecule has 2 aromatic carbocycles. The molecule has 2 nitrogen and oxygen atoms in total. The van der Waals surface area contributed by atoms with E-state index in [1.54, 1.807) is 0 Å². The predicted octanol–water partition coefficient (Wildman–Crippen LogP) is 3.65. The van der Waals surface area contributed by atoms with E-state index in [4.69, 9.17) is 11.5 Å². The van der Waals surface area contributed by atoms with Gasteiger partial charge in [-0.1, -0.05) is 68.3 Å². The van der Waals surface area contributed by atoms with Gasteiger partial charge in [-0.2, -0.15) is 0 Å². The quantitative estimate of drug-likeness (QED) is 0.808. The third-order valence-electron chi connectivity index (χ3n) is 3.38. The van der Waals surface area contributed by atoms with Crippen molar-refractivity contribution in [3.05, 3.63) is 68.6 Å². The minimum absolute atomic E-state index is 0.0687. The Morgan fingerprint density at radius 1 is 0.700 bits per heavy atom. The van der Waals surface area contributed by atoms with Crippen LogP contribution in [-0.4, -0.2) is 12.1 Å². The van der Waals surface area contributed by atoms with Crippen LogP contribution in [0.3, 0.4) is 0 Å². The van der Waals surface area contributed by atoms with Crippen molar-refractivity contribution < 1.29 is 0 Å². The van der Waals surface area contributed by atoms with E-state index in [-0.39, 0.29) is 12.1 Å². The fourth-order valence-corrected chi connectivity index (χ4v) is 3.03. The third-order valence-corrected chi connectivity index (χ3v) is 4.92. The maximum atomic E-state index is 6.25. The van der Waals surface area contributed by atoms with Crippen LogP contribution >= 0.6 is 31.9 Å². The molecule has 0 saturated heterocycles. The Hall–Kier alpha value is -0.680. The van der Waals surface area contributed by atoms with E-state index >= 15 is 0 Å². The molecule has 106 valence electrons. The van der Waals surface area contributed by atoms with Crippen LogP contribution in [0.5, 0.6) is 0 Å². The van der Waals surface area contributed by atoms with Crippen LogP contribution in [0.25, 0.3) is 0 Å². The van der Waals surface area contributed by atoms with Crippen molar-refractivity contribution in [1.29, 1.82) is 0 Å². The fourth-order valence-electron chi connectivity index (χ4n) is 2.14. The smallest absolute Gasteiger partial charge is 0.0236 e. The summed E-state index contributed by atoms with van der Waals surface area (Å²) in [5.74, 6) is 0. The standard InChI is InChI=1S/C16H18Br2N2/c17-13-7-3-1-5-11(13)9-15(19)16(20)10-12-6-2-4-8-14(12)18/h1-8,15-16H,9-10,19-20H2/t15-,16-/m1/s1. The molecule has 4 N–H and O–H groups in total. The van der Waals surface area contributed by atoms with Gasteiger partial charge in [0, 0.05) is 21.0 Å². The highest BCUT2D eigenvalue weighted by Gasteiger charge is 2.16. The van der Waals surface area contributed by atoms with Gasteiger partial charge in [-0.05, 0) is 36.1 Å². The molecule has 0 aliphatic carbocycles. The molecule has 0 saturated carbocycles. The first-order chi connectivity index (χ1) is 9.58. The van der Waals surface area contributed by atoms with Gasteiger partial charge in [0.2, 0.25) is 0 Å². The van der Waals surface area contributed by atoms with Crippen molar-refractivity contribution in [2.45, 2.75) is 24.9 Å².